The Kier molecular flexibility index (Phi) is 3.46. The molecular formula is C16H23N3O3. The van der Waals surface area contributed by atoms with Crippen LogP contribution in [0.25, 0.3) is 0 Å². The van der Waals surface area contributed by atoms with Crippen LogP contribution >= 0.6 is 0 Å². The molecule has 2 aliphatic heterocycles. The van der Waals surface area contributed by atoms with Crippen LogP contribution in [0.2, 0.25) is 0 Å². The first-order valence-corrected chi connectivity index (χ1v) is 8.26. The van der Waals surface area contributed by atoms with Gasteiger partial charge < -0.3 is 14.6 Å². The Labute approximate surface area is 130 Å². The van der Waals surface area contributed by atoms with Gasteiger partial charge >= 0.3 is 0 Å². The molecule has 3 heterocycles. The monoisotopic (exact) mass is 305 g/mol. The van der Waals surface area contributed by atoms with Crippen molar-refractivity contribution in [3.63, 3.8) is 0 Å². The minimum Gasteiger partial charge on any atom is -0.376 e. The molecule has 22 heavy (non-hydrogen) atoms. The SMILES string of the molecule is Cc1noc(C)c1C(=O)N[C@H]1[C@H]2CCO[C@H]2[C@@H]1N1CCCC1. The molecule has 1 aromatic rings. The van der Waals surface area contributed by atoms with Gasteiger partial charge in [-0.2, -0.15) is 0 Å². The summed E-state index contributed by atoms with van der Waals surface area (Å²) in [7, 11) is 0. The third kappa shape index (κ3) is 2.08. The fourth-order valence-corrected chi connectivity index (χ4v) is 4.37. The van der Waals surface area contributed by atoms with Gasteiger partial charge in [0.15, 0.2) is 0 Å². The zero-order chi connectivity index (χ0) is 15.3. The second kappa shape index (κ2) is 5.35. The van der Waals surface area contributed by atoms with Gasteiger partial charge in [0, 0.05) is 12.5 Å². The summed E-state index contributed by atoms with van der Waals surface area (Å²) in [5.41, 5.74) is 1.24. The molecule has 0 unspecified atom stereocenters. The smallest absolute Gasteiger partial charge is 0.257 e. The minimum absolute atomic E-state index is 0.0594. The van der Waals surface area contributed by atoms with Gasteiger partial charge in [-0.25, -0.2) is 0 Å². The van der Waals surface area contributed by atoms with Crippen molar-refractivity contribution in [2.45, 2.75) is 51.3 Å². The van der Waals surface area contributed by atoms with E-state index in [0.717, 1.165) is 26.1 Å². The van der Waals surface area contributed by atoms with Crippen molar-refractivity contribution < 1.29 is 14.1 Å². The number of ether oxygens (including phenoxy) is 1. The van der Waals surface area contributed by atoms with Crippen molar-refractivity contribution in [2.75, 3.05) is 19.7 Å². The van der Waals surface area contributed by atoms with E-state index in [4.69, 9.17) is 9.26 Å². The van der Waals surface area contributed by atoms with Crippen LogP contribution in [0.4, 0.5) is 0 Å². The third-order valence-corrected chi connectivity index (χ3v) is 5.47. The minimum atomic E-state index is -0.0594. The van der Waals surface area contributed by atoms with Gasteiger partial charge in [-0.15, -0.1) is 0 Å². The number of nitrogens with one attached hydrogen (secondary N) is 1. The molecule has 1 aromatic heterocycles. The van der Waals surface area contributed by atoms with E-state index in [1.54, 1.807) is 6.92 Å². The fraction of sp³-hybridized carbons (Fsp3) is 0.750. The molecule has 2 saturated heterocycles. The van der Waals surface area contributed by atoms with Gasteiger partial charge in [0.1, 0.15) is 11.3 Å². The van der Waals surface area contributed by atoms with Crippen LogP contribution in [-0.2, 0) is 4.74 Å². The third-order valence-electron chi connectivity index (χ3n) is 5.47. The highest BCUT2D eigenvalue weighted by molar-refractivity contribution is 5.96. The number of aromatic nitrogens is 1. The van der Waals surface area contributed by atoms with Gasteiger partial charge in [-0.05, 0) is 46.2 Å². The maximum atomic E-state index is 12.6. The summed E-state index contributed by atoms with van der Waals surface area (Å²) in [5, 5.41) is 7.12. The number of rotatable bonds is 3. The number of nitrogens with zero attached hydrogens (tertiary/aromatic N) is 2. The first-order valence-electron chi connectivity index (χ1n) is 8.26. The summed E-state index contributed by atoms with van der Waals surface area (Å²) in [6.45, 7) is 6.65. The predicted octanol–water partition coefficient (Wildman–Crippen LogP) is 1.27. The average molecular weight is 305 g/mol. The van der Waals surface area contributed by atoms with E-state index in [-0.39, 0.29) is 11.9 Å². The molecule has 0 spiro atoms. The predicted molar refractivity (Wildman–Crippen MR) is 79.7 cm³/mol. The Morgan fingerprint density at radius 3 is 2.77 bits per heavy atom. The number of aryl methyl sites for hydroxylation is 2. The lowest BCUT2D eigenvalue weighted by Gasteiger charge is -2.51. The van der Waals surface area contributed by atoms with Gasteiger partial charge in [0.05, 0.1) is 23.9 Å². The van der Waals surface area contributed by atoms with Gasteiger partial charge in [0.2, 0.25) is 0 Å². The highest BCUT2D eigenvalue weighted by atomic mass is 16.5. The number of hydrogen-bond donors (Lipinski definition) is 1. The molecule has 1 N–H and O–H groups in total. The maximum absolute atomic E-state index is 12.6. The van der Waals surface area contributed by atoms with Crippen molar-refractivity contribution in [1.82, 2.24) is 15.4 Å². The molecule has 1 amide bonds. The van der Waals surface area contributed by atoms with E-state index in [2.05, 4.69) is 15.4 Å². The summed E-state index contributed by atoms with van der Waals surface area (Å²) >= 11 is 0. The van der Waals surface area contributed by atoms with Crippen molar-refractivity contribution in [1.29, 1.82) is 0 Å². The van der Waals surface area contributed by atoms with E-state index >= 15 is 0 Å². The van der Waals surface area contributed by atoms with Gasteiger partial charge in [0.25, 0.3) is 5.91 Å². The fourth-order valence-electron chi connectivity index (χ4n) is 4.37. The maximum Gasteiger partial charge on any atom is 0.257 e. The Morgan fingerprint density at radius 1 is 1.32 bits per heavy atom. The standard InChI is InChI=1S/C16H23N3O3/c1-9-12(10(2)22-18-9)16(20)17-13-11-5-8-21-15(11)14(13)19-6-3-4-7-19/h11,13-15H,3-8H2,1-2H3,(H,17,20)/t11-,13+,14-,15-/m1/s1. The van der Waals surface area contributed by atoms with Crippen LogP contribution in [0, 0.1) is 19.8 Å². The molecule has 0 aromatic carbocycles. The molecule has 0 bridgehead atoms. The lowest BCUT2D eigenvalue weighted by Crippen LogP contribution is -2.70. The van der Waals surface area contributed by atoms with Crippen LogP contribution < -0.4 is 5.32 Å². The lowest BCUT2D eigenvalue weighted by atomic mass is 9.70. The average Bonchev–Trinajstić information content (AvgIpc) is 3.19. The molecule has 0 radical (unpaired) electrons. The van der Waals surface area contributed by atoms with E-state index in [0.29, 0.717) is 35.1 Å². The van der Waals surface area contributed by atoms with Gasteiger partial charge in [-0.3, -0.25) is 9.69 Å². The van der Waals surface area contributed by atoms with Gasteiger partial charge in [-0.1, -0.05) is 5.16 Å². The Balaban J connectivity index is 1.52. The summed E-state index contributed by atoms with van der Waals surface area (Å²) in [4.78, 5) is 15.1. The van der Waals surface area contributed by atoms with Crippen molar-refractivity contribution in [3.8, 4) is 0 Å². The van der Waals surface area contributed by atoms with E-state index in [1.807, 2.05) is 6.92 Å². The summed E-state index contributed by atoms with van der Waals surface area (Å²) in [5.74, 6) is 0.983. The topological polar surface area (TPSA) is 67.6 Å². The number of likely N-dealkylation sites (tertiary alicyclic amines) is 1. The number of amides is 1. The Morgan fingerprint density at radius 2 is 2.09 bits per heavy atom. The molecule has 1 saturated carbocycles. The number of fused-ring (bicyclic) bond motifs is 1. The van der Waals surface area contributed by atoms with Crippen LogP contribution in [0.5, 0.6) is 0 Å². The molecule has 120 valence electrons. The molecule has 6 heteroatoms. The Hall–Kier alpha value is -1.40. The molecule has 3 fully saturated rings. The van der Waals surface area contributed by atoms with E-state index in [1.165, 1.54) is 12.8 Å². The zero-order valence-corrected chi connectivity index (χ0v) is 13.2. The van der Waals surface area contributed by atoms with Crippen LogP contribution in [0.3, 0.4) is 0 Å². The second-order valence-electron chi connectivity index (χ2n) is 6.72. The molecule has 6 nitrogen and oxygen atoms in total. The highest BCUT2D eigenvalue weighted by Crippen LogP contribution is 2.43. The number of hydrogen-bond acceptors (Lipinski definition) is 5. The van der Waals surface area contributed by atoms with Crippen LogP contribution in [-0.4, -0.2) is 53.8 Å². The second-order valence-corrected chi connectivity index (χ2v) is 6.72. The first-order chi connectivity index (χ1) is 10.7. The molecular weight excluding hydrogens is 282 g/mol. The number of carbonyl (C=O) groups is 1. The largest absolute Gasteiger partial charge is 0.376 e. The first kappa shape index (κ1) is 14.2. The van der Waals surface area contributed by atoms with Crippen molar-refractivity contribution >= 4 is 5.91 Å². The molecule has 4 atom stereocenters. The lowest BCUT2D eigenvalue weighted by molar-refractivity contribution is -0.0747. The van der Waals surface area contributed by atoms with E-state index in [9.17, 15) is 4.79 Å². The van der Waals surface area contributed by atoms with Crippen molar-refractivity contribution in [2.24, 2.45) is 5.92 Å². The normalized spacial score (nSPS) is 34.5. The molecule has 1 aliphatic carbocycles. The van der Waals surface area contributed by atoms with Crippen molar-refractivity contribution in [3.05, 3.63) is 17.0 Å². The summed E-state index contributed by atoms with van der Waals surface area (Å²) in [6, 6.07) is 0.520. The van der Waals surface area contributed by atoms with E-state index < -0.39 is 0 Å². The highest BCUT2D eigenvalue weighted by Gasteiger charge is 2.57. The summed E-state index contributed by atoms with van der Waals surface area (Å²) in [6.07, 6.45) is 3.84. The zero-order valence-electron chi connectivity index (χ0n) is 13.2. The quantitative estimate of drug-likeness (QED) is 0.911. The molecule has 4 rings (SSSR count). The van der Waals surface area contributed by atoms with Crippen LogP contribution in [0.15, 0.2) is 4.52 Å². The molecule has 3 aliphatic rings. The summed E-state index contributed by atoms with van der Waals surface area (Å²) < 4.78 is 11.0. The Bertz CT molecular complexity index is 555. The number of carbonyl (C=O) groups excluding carboxylic acids is 1. The van der Waals surface area contributed by atoms with Crippen LogP contribution in [0.1, 0.15) is 41.1 Å².